The van der Waals surface area contributed by atoms with Crippen LogP contribution in [0.4, 0.5) is 5.69 Å². The van der Waals surface area contributed by atoms with Gasteiger partial charge in [0.05, 0.1) is 12.3 Å². The molecule has 0 fully saturated rings. The van der Waals surface area contributed by atoms with Crippen LogP contribution in [0, 0.1) is 5.92 Å². The Hall–Kier alpha value is -0.890. The van der Waals surface area contributed by atoms with Crippen LogP contribution in [-0.4, -0.2) is 13.2 Å². The summed E-state index contributed by atoms with van der Waals surface area (Å²) in [4.78, 5) is 0. The van der Waals surface area contributed by atoms with E-state index in [1.54, 1.807) is 0 Å². The fourth-order valence-electron chi connectivity index (χ4n) is 1.29. The molecule has 0 aliphatic heterocycles. The van der Waals surface area contributed by atoms with Gasteiger partial charge in [0, 0.05) is 11.6 Å². The average molecular weight is 242 g/mol. The third-order valence-electron chi connectivity index (χ3n) is 2.10. The minimum atomic E-state index is 0.595. The van der Waals surface area contributed by atoms with E-state index in [9.17, 15) is 0 Å². The minimum absolute atomic E-state index is 0.595. The average Bonchev–Trinajstić information content (AvgIpc) is 2.25. The lowest BCUT2D eigenvalue weighted by Crippen LogP contribution is -2.09. The molecule has 1 N–H and O–H groups in total. The van der Waals surface area contributed by atoms with E-state index in [4.69, 9.17) is 16.3 Å². The molecule has 1 aromatic rings. The number of anilines is 1. The summed E-state index contributed by atoms with van der Waals surface area (Å²) in [7, 11) is 0. The summed E-state index contributed by atoms with van der Waals surface area (Å²) in [6.45, 7) is 8.09. The Morgan fingerprint density at radius 1 is 1.38 bits per heavy atom. The van der Waals surface area contributed by atoms with Gasteiger partial charge in [-0.05, 0) is 30.5 Å². The van der Waals surface area contributed by atoms with Crippen molar-refractivity contribution in [3.8, 4) is 5.75 Å². The van der Waals surface area contributed by atoms with Gasteiger partial charge in [-0.2, -0.15) is 0 Å². The topological polar surface area (TPSA) is 21.3 Å². The van der Waals surface area contributed by atoms with Crippen molar-refractivity contribution in [3.05, 3.63) is 23.2 Å². The van der Waals surface area contributed by atoms with Crippen molar-refractivity contribution in [1.29, 1.82) is 0 Å². The zero-order valence-electron chi connectivity index (χ0n) is 10.2. The number of nitrogens with one attached hydrogen (secondary N) is 1. The van der Waals surface area contributed by atoms with Crippen LogP contribution in [0.15, 0.2) is 18.2 Å². The number of benzene rings is 1. The normalized spacial score (nSPS) is 10.6. The number of hydrogen-bond acceptors (Lipinski definition) is 2. The van der Waals surface area contributed by atoms with E-state index < -0.39 is 0 Å². The number of halogens is 1. The molecule has 0 bridgehead atoms. The number of hydrogen-bond donors (Lipinski definition) is 1. The Morgan fingerprint density at radius 3 is 2.75 bits per heavy atom. The monoisotopic (exact) mass is 241 g/mol. The van der Waals surface area contributed by atoms with Crippen molar-refractivity contribution in [2.45, 2.75) is 27.2 Å². The van der Waals surface area contributed by atoms with Gasteiger partial charge in [-0.1, -0.05) is 32.4 Å². The smallest absolute Gasteiger partial charge is 0.142 e. The molecule has 16 heavy (non-hydrogen) atoms. The second-order valence-corrected chi connectivity index (χ2v) is 4.70. The van der Waals surface area contributed by atoms with Gasteiger partial charge in [-0.3, -0.25) is 0 Å². The highest BCUT2D eigenvalue weighted by Gasteiger charge is 2.04. The Labute approximate surface area is 103 Å². The number of rotatable bonds is 6. The van der Waals surface area contributed by atoms with Crippen molar-refractivity contribution >= 4 is 17.3 Å². The van der Waals surface area contributed by atoms with Crippen molar-refractivity contribution in [2.75, 3.05) is 18.5 Å². The van der Waals surface area contributed by atoms with Crippen LogP contribution < -0.4 is 10.1 Å². The van der Waals surface area contributed by atoms with Crippen LogP contribution in [0.5, 0.6) is 5.75 Å². The molecule has 0 aliphatic rings. The minimum Gasteiger partial charge on any atom is -0.491 e. The predicted molar refractivity (Wildman–Crippen MR) is 70.6 cm³/mol. The van der Waals surface area contributed by atoms with E-state index in [0.29, 0.717) is 5.92 Å². The third-order valence-corrected chi connectivity index (χ3v) is 2.34. The van der Waals surface area contributed by atoms with E-state index in [1.807, 2.05) is 18.2 Å². The molecular formula is C13H20ClNO. The van der Waals surface area contributed by atoms with Crippen LogP contribution in [0.2, 0.25) is 5.02 Å². The summed E-state index contributed by atoms with van der Waals surface area (Å²) in [6, 6.07) is 5.68. The molecular weight excluding hydrogens is 222 g/mol. The molecule has 0 saturated carbocycles. The second kappa shape index (κ2) is 6.64. The molecule has 0 saturated heterocycles. The summed E-state index contributed by atoms with van der Waals surface area (Å²) in [5.74, 6) is 1.48. The molecule has 0 spiro atoms. The quantitative estimate of drug-likeness (QED) is 0.806. The highest BCUT2D eigenvalue weighted by Crippen LogP contribution is 2.28. The van der Waals surface area contributed by atoms with Gasteiger partial charge in [-0.25, -0.2) is 0 Å². The lowest BCUT2D eigenvalue weighted by molar-refractivity contribution is 0.318. The van der Waals surface area contributed by atoms with Crippen molar-refractivity contribution in [2.24, 2.45) is 5.92 Å². The predicted octanol–water partition coefficient (Wildman–Crippen LogP) is 4.20. The third kappa shape index (κ3) is 4.31. The molecule has 0 unspecified atom stereocenters. The van der Waals surface area contributed by atoms with Gasteiger partial charge in [0.2, 0.25) is 0 Å². The van der Waals surface area contributed by atoms with Gasteiger partial charge >= 0.3 is 0 Å². The standard InChI is InChI=1S/C13H20ClNO/c1-4-7-16-13-6-5-11(14)8-12(13)15-9-10(2)3/h5-6,8,10,15H,4,7,9H2,1-3H3. The van der Waals surface area contributed by atoms with E-state index >= 15 is 0 Å². The Morgan fingerprint density at radius 2 is 2.12 bits per heavy atom. The lowest BCUT2D eigenvalue weighted by Gasteiger charge is -2.14. The fraction of sp³-hybridized carbons (Fsp3) is 0.538. The summed E-state index contributed by atoms with van der Waals surface area (Å²) in [6.07, 6.45) is 1.01. The maximum absolute atomic E-state index is 5.97. The number of ether oxygens (including phenoxy) is 1. The SMILES string of the molecule is CCCOc1ccc(Cl)cc1NCC(C)C. The molecule has 0 radical (unpaired) electrons. The van der Waals surface area contributed by atoms with E-state index in [1.165, 1.54) is 0 Å². The highest BCUT2D eigenvalue weighted by atomic mass is 35.5. The van der Waals surface area contributed by atoms with Crippen molar-refractivity contribution in [3.63, 3.8) is 0 Å². The first-order valence-corrected chi connectivity index (χ1v) is 6.17. The zero-order valence-corrected chi connectivity index (χ0v) is 11.0. The first-order valence-electron chi connectivity index (χ1n) is 5.79. The molecule has 0 aromatic heterocycles. The molecule has 90 valence electrons. The second-order valence-electron chi connectivity index (χ2n) is 4.26. The van der Waals surface area contributed by atoms with Crippen LogP contribution in [0.1, 0.15) is 27.2 Å². The van der Waals surface area contributed by atoms with Crippen molar-refractivity contribution < 1.29 is 4.74 Å². The Balaban J connectivity index is 2.72. The molecule has 2 nitrogen and oxygen atoms in total. The molecule has 0 heterocycles. The molecule has 0 atom stereocenters. The largest absolute Gasteiger partial charge is 0.491 e. The van der Waals surface area contributed by atoms with Gasteiger partial charge < -0.3 is 10.1 Å². The van der Waals surface area contributed by atoms with Crippen LogP contribution in [0.3, 0.4) is 0 Å². The molecule has 1 aromatic carbocycles. The maximum atomic E-state index is 5.97. The van der Waals surface area contributed by atoms with Crippen LogP contribution in [0.25, 0.3) is 0 Å². The first-order chi connectivity index (χ1) is 7.63. The summed E-state index contributed by atoms with van der Waals surface area (Å²) >= 11 is 5.97. The van der Waals surface area contributed by atoms with Crippen LogP contribution in [-0.2, 0) is 0 Å². The molecule has 3 heteroatoms. The Kier molecular flexibility index (Phi) is 5.47. The van der Waals surface area contributed by atoms with E-state index in [0.717, 1.165) is 36.0 Å². The first kappa shape index (κ1) is 13.2. The lowest BCUT2D eigenvalue weighted by atomic mass is 10.2. The fourth-order valence-corrected chi connectivity index (χ4v) is 1.46. The molecule has 0 aliphatic carbocycles. The molecule has 0 amide bonds. The Bertz CT molecular complexity index is 326. The van der Waals surface area contributed by atoms with E-state index in [2.05, 4.69) is 26.1 Å². The zero-order chi connectivity index (χ0) is 12.0. The summed E-state index contributed by atoms with van der Waals surface area (Å²) in [5, 5.41) is 4.08. The van der Waals surface area contributed by atoms with Gasteiger partial charge in [0.1, 0.15) is 5.75 Å². The van der Waals surface area contributed by atoms with Crippen molar-refractivity contribution in [1.82, 2.24) is 0 Å². The van der Waals surface area contributed by atoms with E-state index in [-0.39, 0.29) is 0 Å². The molecule has 1 rings (SSSR count). The highest BCUT2D eigenvalue weighted by molar-refractivity contribution is 6.30. The van der Waals surface area contributed by atoms with Gasteiger partial charge in [-0.15, -0.1) is 0 Å². The summed E-state index contributed by atoms with van der Waals surface area (Å²) in [5.41, 5.74) is 0.981. The van der Waals surface area contributed by atoms with Gasteiger partial charge in [0.15, 0.2) is 0 Å². The summed E-state index contributed by atoms with van der Waals surface area (Å²) < 4.78 is 5.65. The maximum Gasteiger partial charge on any atom is 0.142 e. The van der Waals surface area contributed by atoms with Gasteiger partial charge in [0.25, 0.3) is 0 Å². The van der Waals surface area contributed by atoms with Crippen LogP contribution >= 0.6 is 11.6 Å².